The first kappa shape index (κ1) is 22.2. The molecule has 1 aliphatic rings. The first-order valence-corrected chi connectivity index (χ1v) is 10.4. The largest absolute Gasteiger partial charge is 0.356 e. The third-order valence-electron chi connectivity index (χ3n) is 5.47. The summed E-state index contributed by atoms with van der Waals surface area (Å²) in [5.74, 6) is -0.297. The lowest BCUT2D eigenvalue weighted by atomic mass is 10.0. The molecule has 0 aromatic heterocycles. The number of nitrogens with one attached hydrogen (secondary N) is 2. The monoisotopic (exact) mass is 415 g/mol. The van der Waals surface area contributed by atoms with Gasteiger partial charge in [0.25, 0.3) is 0 Å². The van der Waals surface area contributed by atoms with Gasteiger partial charge in [-0.05, 0) is 37.2 Å². The Hall–Kier alpha value is -2.51. The molecule has 30 heavy (non-hydrogen) atoms. The van der Waals surface area contributed by atoms with Gasteiger partial charge in [-0.1, -0.05) is 30.3 Å². The Morgan fingerprint density at radius 2 is 1.90 bits per heavy atom. The van der Waals surface area contributed by atoms with E-state index in [-0.39, 0.29) is 12.1 Å². The summed E-state index contributed by atoms with van der Waals surface area (Å²) >= 11 is 0. The molecule has 0 radical (unpaired) electrons. The summed E-state index contributed by atoms with van der Waals surface area (Å²) in [5.41, 5.74) is 1.63. The van der Waals surface area contributed by atoms with Crippen LogP contribution in [0.15, 0.2) is 53.5 Å². The fourth-order valence-corrected chi connectivity index (χ4v) is 3.78. The van der Waals surface area contributed by atoms with E-state index in [1.807, 2.05) is 0 Å². The van der Waals surface area contributed by atoms with Crippen molar-refractivity contribution in [1.82, 2.24) is 20.4 Å². The predicted molar refractivity (Wildman–Crippen MR) is 117 cm³/mol. The van der Waals surface area contributed by atoms with Crippen molar-refractivity contribution in [3.8, 4) is 0 Å². The number of likely N-dealkylation sites (N-methyl/N-ethyl adjacent to an activating group) is 1. The van der Waals surface area contributed by atoms with Crippen LogP contribution in [0.3, 0.4) is 0 Å². The van der Waals surface area contributed by atoms with Gasteiger partial charge >= 0.3 is 0 Å². The second kappa shape index (κ2) is 11.0. The Balaban J connectivity index is 1.46. The first-order chi connectivity index (χ1) is 14.6. The highest BCUT2D eigenvalue weighted by molar-refractivity contribution is 5.79. The van der Waals surface area contributed by atoms with Crippen LogP contribution in [0.25, 0.3) is 0 Å². The number of benzene rings is 2. The molecule has 0 spiro atoms. The van der Waals surface area contributed by atoms with Crippen LogP contribution in [-0.4, -0.2) is 62.6 Å². The Kier molecular flexibility index (Phi) is 8.16. The summed E-state index contributed by atoms with van der Waals surface area (Å²) in [6, 6.07) is 14.5. The van der Waals surface area contributed by atoms with Crippen molar-refractivity contribution in [2.45, 2.75) is 19.0 Å². The molecule has 3 rings (SSSR count). The number of nitrogens with zero attached hydrogens (tertiary/aromatic N) is 3. The van der Waals surface area contributed by atoms with Gasteiger partial charge in [-0.2, -0.15) is 0 Å². The number of halogens is 2. The molecule has 0 amide bonds. The highest BCUT2D eigenvalue weighted by atomic mass is 19.1. The number of hydrogen-bond acceptors (Lipinski definition) is 3. The topological polar surface area (TPSA) is 42.9 Å². The summed E-state index contributed by atoms with van der Waals surface area (Å²) < 4.78 is 27.1. The molecule has 2 aromatic rings. The fraction of sp³-hybridized carbons (Fsp3) is 0.435. The molecule has 162 valence electrons. The van der Waals surface area contributed by atoms with Gasteiger partial charge in [-0.25, -0.2) is 8.78 Å². The summed E-state index contributed by atoms with van der Waals surface area (Å²) in [7, 11) is 3.84. The maximum absolute atomic E-state index is 13.8. The van der Waals surface area contributed by atoms with Crippen molar-refractivity contribution in [1.29, 1.82) is 0 Å². The van der Waals surface area contributed by atoms with Crippen molar-refractivity contribution in [2.24, 2.45) is 4.99 Å². The predicted octanol–water partition coefficient (Wildman–Crippen LogP) is 3.01. The highest BCUT2D eigenvalue weighted by Crippen LogP contribution is 2.24. The Morgan fingerprint density at radius 1 is 1.10 bits per heavy atom. The first-order valence-electron chi connectivity index (χ1n) is 10.4. The molecular formula is C23H31F2N5. The van der Waals surface area contributed by atoms with E-state index >= 15 is 0 Å². The fourth-order valence-electron chi connectivity index (χ4n) is 3.78. The molecule has 0 bridgehead atoms. The molecule has 1 saturated heterocycles. The Morgan fingerprint density at radius 3 is 2.67 bits per heavy atom. The lowest BCUT2D eigenvalue weighted by molar-refractivity contribution is 0.0891. The molecule has 1 fully saturated rings. The molecule has 0 saturated carbocycles. The lowest BCUT2D eigenvalue weighted by Gasteiger charge is -2.40. The number of rotatable bonds is 7. The molecule has 1 heterocycles. The van der Waals surface area contributed by atoms with Crippen LogP contribution in [0.2, 0.25) is 0 Å². The number of hydrogen-bond donors (Lipinski definition) is 2. The van der Waals surface area contributed by atoms with E-state index < -0.39 is 11.6 Å². The maximum atomic E-state index is 13.8. The van der Waals surface area contributed by atoms with Gasteiger partial charge < -0.3 is 15.5 Å². The Labute approximate surface area is 177 Å². The zero-order valence-electron chi connectivity index (χ0n) is 17.7. The van der Waals surface area contributed by atoms with Gasteiger partial charge in [0.2, 0.25) is 0 Å². The number of guanidine groups is 1. The van der Waals surface area contributed by atoms with E-state index in [1.54, 1.807) is 7.05 Å². The number of piperazine rings is 1. The van der Waals surface area contributed by atoms with Crippen molar-refractivity contribution in [3.05, 3.63) is 71.3 Å². The van der Waals surface area contributed by atoms with Gasteiger partial charge in [0.1, 0.15) is 11.6 Å². The van der Waals surface area contributed by atoms with Crippen LogP contribution in [0.5, 0.6) is 0 Å². The smallest absolute Gasteiger partial charge is 0.191 e. The van der Waals surface area contributed by atoms with Gasteiger partial charge in [0.15, 0.2) is 5.96 Å². The average molecular weight is 416 g/mol. The molecular weight excluding hydrogens is 384 g/mol. The minimum atomic E-state index is -0.448. The van der Waals surface area contributed by atoms with Gasteiger partial charge in [-0.15, -0.1) is 0 Å². The second-order valence-electron chi connectivity index (χ2n) is 7.67. The summed E-state index contributed by atoms with van der Waals surface area (Å²) in [4.78, 5) is 9.09. The summed E-state index contributed by atoms with van der Waals surface area (Å²) in [6.07, 6.45) is 0.960. The van der Waals surface area contributed by atoms with Crippen LogP contribution >= 0.6 is 0 Å². The van der Waals surface area contributed by atoms with Crippen molar-refractivity contribution >= 4 is 5.96 Å². The van der Waals surface area contributed by atoms with Crippen LogP contribution in [0.1, 0.15) is 23.6 Å². The lowest BCUT2D eigenvalue weighted by Crippen LogP contribution is -2.47. The molecule has 0 aliphatic carbocycles. The van der Waals surface area contributed by atoms with E-state index in [1.165, 1.54) is 11.6 Å². The number of aliphatic imine (C=N–C) groups is 1. The average Bonchev–Trinajstić information content (AvgIpc) is 2.76. The van der Waals surface area contributed by atoms with E-state index in [4.69, 9.17) is 0 Å². The molecule has 1 unspecified atom stereocenters. The van der Waals surface area contributed by atoms with E-state index in [0.29, 0.717) is 12.0 Å². The Bertz CT molecular complexity index is 828. The highest BCUT2D eigenvalue weighted by Gasteiger charge is 2.25. The third kappa shape index (κ3) is 6.24. The summed E-state index contributed by atoms with van der Waals surface area (Å²) in [6.45, 7) is 5.05. The second-order valence-corrected chi connectivity index (χ2v) is 7.67. The molecule has 2 N–H and O–H groups in total. The minimum Gasteiger partial charge on any atom is -0.356 e. The third-order valence-corrected chi connectivity index (χ3v) is 5.47. The van der Waals surface area contributed by atoms with Gasteiger partial charge in [0.05, 0.1) is 0 Å². The van der Waals surface area contributed by atoms with Crippen molar-refractivity contribution < 1.29 is 8.78 Å². The zero-order chi connectivity index (χ0) is 21.3. The van der Waals surface area contributed by atoms with Gasteiger partial charge in [-0.3, -0.25) is 9.89 Å². The molecule has 5 nitrogen and oxygen atoms in total. The maximum Gasteiger partial charge on any atom is 0.191 e. The van der Waals surface area contributed by atoms with Crippen LogP contribution in [-0.2, 0) is 6.54 Å². The zero-order valence-corrected chi connectivity index (χ0v) is 17.7. The molecule has 2 aromatic carbocycles. The van der Waals surface area contributed by atoms with Gasteiger partial charge in [0, 0.05) is 57.9 Å². The van der Waals surface area contributed by atoms with E-state index in [9.17, 15) is 8.78 Å². The van der Waals surface area contributed by atoms with Crippen LogP contribution < -0.4 is 10.6 Å². The van der Waals surface area contributed by atoms with Crippen LogP contribution in [0.4, 0.5) is 8.78 Å². The SMILES string of the molecule is CN=C(NCCCN1CCN(C)CC1c1ccccc1)NCc1cc(F)ccc1F. The van der Waals surface area contributed by atoms with E-state index in [0.717, 1.165) is 51.3 Å². The standard InChI is InChI=1S/C23H31F2N5/c1-26-23(28-16-19-15-20(24)9-10-21(19)25)27-11-6-12-30-14-13-29(2)17-22(30)18-7-4-3-5-8-18/h3-5,7-10,15,22H,6,11-14,16-17H2,1-2H3,(H2,26,27,28). The normalized spacial score (nSPS) is 18.4. The molecule has 7 heteroatoms. The van der Waals surface area contributed by atoms with Crippen molar-refractivity contribution in [2.75, 3.05) is 46.8 Å². The van der Waals surface area contributed by atoms with Crippen molar-refractivity contribution in [3.63, 3.8) is 0 Å². The quantitative estimate of drug-likeness (QED) is 0.415. The minimum absolute atomic E-state index is 0.178. The van der Waals surface area contributed by atoms with Crippen LogP contribution in [0, 0.1) is 11.6 Å². The summed E-state index contributed by atoms with van der Waals surface area (Å²) in [5, 5.41) is 6.31. The molecule has 1 atom stereocenters. The molecule has 1 aliphatic heterocycles. The van der Waals surface area contributed by atoms with E-state index in [2.05, 4.69) is 62.8 Å².